The third-order valence-electron chi connectivity index (χ3n) is 10.5. The highest BCUT2D eigenvalue weighted by Crippen LogP contribution is 2.80. The summed E-state index contributed by atoms with van der Waals surface area (Å²) in [4.78, 5) is 12.0. The maximum atomic E-state index is 12.0. The summed E-state index contributed by atoms with van der Waals surface area (Å²) in [6, 6.07) is 0. The van der Waals surface area contributed by atoms with Crippen LogP contribution in [0.4, 0.5) is 0 Å². The highest BCUT2D eigenvalue weighted by Gasteiger charge is 2.83. The lowest BCUT2D eigenvalue weighted by molar-refractivity contribution is -0.129. The second-order valence-corrected chi connectivity index (χ2v) is 10.8. The van der Waals surface area contributed by atoms with Crippen LogP contribution in [0.2, 0.25) is 0 Å². The predicted molar refractivity (Wildman–Crippen MR) is 98.4 cm³/mol. The van der Waals surface area contributed by atoms with Gasteiger partial charge in [-0.2, -0.15) is 0 Å². The van der Waals surface area contributed by atoms with Crippen molar-refractivity contribution >= 4 is 5.78 Å². The van der Waals surface area contributed by atoms with Crippen LogP contribution in [0.1, 0.15) is 72.1 Å². The molecule has 4 saturated carbocycles. The Kier molecular flexibility index (Phi) is 2.81. The van der Waals surface area contributed by atoms with E-state index in [4.69, 9.17) is 4.74 Å². The molecule has 9 atom stereocenters. The van der Waals surface area contributed by atoms with Crippen LogP contribution in [0.25, 0.3) is 0 Å². The maximum Gasteiger partial charge on any atom is 0.155 e. The van der Waals surface area contributed by atoms with Gasteiger partial charge in [-0.3, -0.25) is 4.79 Å². The van der Waals surface area contributed by atoms with Crippen LogP contribution in [0.15, 0.2) is 11.6 Å². The summed E-state index contributed by atoms with van der Waals surface area (Å²) in [6.07, 6.45) is 10.5. The van der Waals surface area contributed by atoms with Crippen LogP contribution >= 0.6 is 0 Å². The average molecular weight is 357 g/mol. The SMILES string of the molecule is CC[C@]1(O)[C@H]2CC[C@H]2[C@H]2[C@@H]3CCC4=CC(=O)CC[C@]4(C)[C@]34O[C@@H]4C[C@@]21C. The fraction of sp³-hybridized carbons (Fsp3) is 0.870. The Bertz CT molecular complexity index is 742. The Morgan fingerprint density at radius 2 is 2.00 bits per heavy atom. The van der Waals surface area contributed by atoms with Gasteiger partial charge >= 0.3 is 0 Å². The second-order valence-electron chi connectivity index (χ2n) is 10.8. The molecule has 1 N–H and O–H groups in total. The quantitative estimate of drug-likeness (QED) is 0.722. The van der Waals surface area contributed by atoms with E-state index < -0.39 is 5.60 Å². The van der Waals surface area contributed by atoms with Crippen molar-refractivity contribution in [2.45, 2.75) is 89.4 Å². The molecule has 6 aliphatic rings. The third-order valence-corrected chi connectivity index (χ3v) is 10.5. The molecule has 142 valence electrons. The molecular weight excluding hydrogens is 324 g/mol. The van der Waals surface area contributed by atoms with E-state index in [1.165, 1.54) is 18.4 Å². The van der Waals surface area contributed by atoms with Crippen LogP contribution in [0, 0.1) is 34.5 Å². The minimum absolute atomic E-state index is 0.00494. The van der Waals surface area contributed by atoms with Crippen LogP contribution in [0.5, 0.6) is 0 Å². The van der Waals surface area contributed by atoms with E-state index in [2.05, 4.69) is 20.8 Å². The Morgan fingerprint density at radius 1 is 1.19 bits per heavy atom. The van der Waals surface area contributed by atoms with E-state index >= 15 is 0 Å². The van der Waals surface area contributed by atoms with Gasteiger partial charge in [0.2, 0.25) is 0 Å². The molecule has 3 nitrogen and oxygen atoms in total. The molecule has 0 aromatic heterocycles. The zero-order valence-electron chi connectivity index (χ0n) is 16.4. The van der Waals surface area contributed by atoms with Gasteiger partial charge in [-0.05, 0) is 74.7 Å². The summed E-state index contributed by atoms with van der Waals surface area (Å²) in [5, 5.41) is 11.8. The van der Waals surface area contributed by atoms with Gasteiger partial charge < -0.3 is 9.84 Å². The normalized spacial score (nSPS) is 62.1. The lowest BCUT2D eigenvalue weighted by Crippen LogP contribution is -2.60. The molecule has 0 aromatic rings. The Hall–Kier alpha value is -0.670. The molecule has 6 rings (SSSR count). The number of hydrogen-bond acceptors (Lipinski definition) is 3. The van der Waals surface area contributed by atoms with Crippen molar-refractivity contribution in [3.63, 3.8) is 0 Å². The van der Waals surface area contributed by atoms with E-state index in [1.807, 2.05) is 6.08 Å². The highest BCUT2D eigenvalue weighted by molar-refractivity contribution is 5.91. The molecule has 1 saturated heterocycles. The number of ether oxygens (including phenoxy) is 1. The predicted octanol–water partition coefficient (Wildman–Crippen LogP) is 4.04. The van der Waals surface area contributed by atoms with Gasteiger partial charge in [-0.25, -0.2) is 0 Å². The van der Waals surface area contributed by atoms with Crippen molar-refractivity contribution in [1.82, 2.24) is 0 Å². The Morgan fingerprint density at radius 3 is 2.69 bits per heavy atom. The van der Waals surface area contributed by atoms with Crippen LogP contribution < -0.4 is 0 Å². The molecule has 5 fully saturated rings. The molecule has 1 heterocycles. The van der Waals surface area contributed by atoms with Gasteiger partial charge in [-0.1, -0.05) is 26.3 Å². The fourth-order valence-corrected chi connectivity index (χ4v) is 9.18. The molecule has 1 aliphatic heterocycles. The largest absolute Gasteiger partial charge is 0.389 e. The van der Waals surface area contributed by atoms with Crippen molar-refractivity contribution in [1.29, 1.82) is 0 Å². The van der Waals surface area contributed by atoms with E-state index in [-0.39, 0.29) is 22.5 Å². The number of carbonyl (C=O) groups is 1. The minimum atomic E-state index is -0.502. The number of epoxide rings is 1. The number of aliphatic hydroxyl groups is 1. The molecule has 0 aromatic carbocycles. The lowest BCUT2D eigenvalue weighted by Gasteiger charge is -2.57. The van der Waals surface area contributed by atoms with Crippen LogP contribution in [-0.2, 0) is 9.53 Å². The Balaban J connectivity index is 1.48. The topological polar surface area (TPSA) is 49.8 Å². The van der Waals surface area contributed by atoms with E-state index in [0.717, 1.165) is 32.1 Å². The zero-order chi connectivity index (χ0) is 18.1. The first-order valence-electron chi connectivity index (χ1n) is 11.0. The van der Waals surface area contributed by atoms with E-state index in [0.29, 0.717) is 35.9 Å². The second kappa shape index (κ2) is 4.49. The summed E-state index contributed by atoms with van der Waals surface area (Å²) in [6.45, 7) is 6.97. The number of carbonyl (C=O) groups excluding carboxylic acids is 1. The summed E-state index contributed by atoms with van der Waals surface area (Å²) in [7, 11) is 0. The summed E-state index contributed by atoms with van der Waals surface area (Å²) < 4.78 is 6.66. The van der Waals surface area contributed by atoms with Gasteiger partial charge in [0.25, 0.3) is 0 Å². The smallest absolute Gasteiger partial charge is 0.155 e. The molecule has 26 heavy (non-hydrogen) atoms. The van der Waals surface area contributed by atoms with E-state index in [9.17, 15) is 9.90 Å². The first kappa shape index (κ1) is 16.3. The minimum Gasteiger partial charge on any atom is -0.389 e. The van der Waals surface area contributed by atoms with E-state index in [1.54, 1.807) is 0 Å². The number of ketones is 1. The lowest BCUT2D eigenvalue weighted by atomic mass is 9.45. The first-order valence-corrected chi connectivity index (χ1v) is 11.0. The summed E-state index contributed by atoms with van der Waals surface area (Å²) in [5.74, 6) is 2.67. The molecule has 0 amide bonds. The fourth-order valence-electron chi connectivity index (χ4n) is 9.18. The zero-order valence-corrected chi connectivity index (χ0v) is 16.4. The number of fused-ring (bicyclic) bond motifs is 5. The van der Waals surface area contributed by atoms with Gasteiger partial charge in [0.1, 0.15) is 5.60 Å². The third kappa shape index (κ3) is 1.43. The molecule has 5 aliphatic carbocycles. The Labute approximate surface area is 156 Å². The molecule has 3 heteroatoms. The van der Waals surface area contributed by atoms with Crippen LogP contribution in [-0.4, -0.2) is 28.2 Å². The standard InChI is InChI=1S/C23H32O3/c1-4-22(25)16-8-6-15(16)19-17-7-5-13-11-14(24)9-10-20(13,2)23(17)18(26-23)12-21(19,22)3/h11,15-19,25H,4-10,12H2,1-3H3/t15-,16+,17+,18-,19+,20+,21+,22+,23+/m1/s1. The summed E-state index contributed by atoms with van der Waals surface area (Å²) in [5.41, 5.74) is 0.872. The summed E-state index contributed by atoms with van der Waals surface area (Å²) >= 11 is 0. The number of hydrogen-bond donors (Lipinski definition) is 1. The molecule has 0 bridgehead atoms. The molecule has 0 unspecified atom stereocenters. The first-order chi connectivity index (χ1) is 12.3. The van der Waals surface area contributed by atoms with Crippen molar-refractivity contribution < 1.29 is 14.6 Å². The van der Waals surface area contributed by atoms with Crippen LogP contribution in [0.3, 0.4) is 0 Å². The monoisotopic (exact) mass is 356 g/mol. The molecule has 0 radical (unpaired) electrons. The van der Waals surface area contributed by atoms with Crippen molar-refractivity contribution in [3.8, 4) is 0 Å². The van der Waals surface area contributed by atoms with Gasteiger partial charge in [0.05, 0.1) is 11.7 Å². The molecule has 1 spiro atoms. The van der Waals surface area contributed by atoms with Gasteiger partial charge in [0, 0.05) is 17.3 Å². The number of rotatable bonds is 1. The highest BCUT2D eigenvalue weighted by atomic mass is 16.6. The van der Waals surface area contributed by atoms with Crippen molar-refractivity contribution in [2.75, 3.05) is 0 Å². The van der Waals surface area contributed by atoms with Gasteiger partial charge in [0.15, 0.2) is 5.78 Å². The average Bonchev–Trinajstić information content (AvgIpc) is 3.27. The van der Waals surface area contributed by atoms with Crippen molar-refractivity contribution in [2.24, 2.45) is 34.5 Å². The maximum absolute atomic E-state index is 12.0. The van der Waals surface area contributed by atoms with Gasteiger partial charge in [-0.15, -0.1) is 0 Å². The molecular formula is C23H32O3. The van der Waals surface area contributed by atoms with Crippen molar-refractivity contribution in [3.05, 3.63) is 11.6 Å².